The molecule has 0 fully saturated rings. The summed E-state index contributed by atoms with van der Waals surface area (Å²) in [6.07, 6.45) is 0. The van der Waals surface area contributed by atoms with Crippen LogP contribution in [-0.4, -0.2) is 0 Å². The molecule has 9 rings (SSSR count). The highest BCUT2D eigenvalue weighted by Crippen LogP contribution is 2.65. The maximum Gasteiger partial charge on any atom is 0.0732 e. The Morgan fingerprint density at radius 3 is 1.22 bits per heavy atom. The number of fused-ring (bicyclic) bond motifs is 17. The van der Waals surface area contributed by atoms with E-state index in [1.807, 2.05) is 83.1 Å². The highest BCUT2D eigenvalue weighted by molar-refractivity contribution is 6.25. The lowest BCUT2D eigenvalue weighted by Gasteiger charge is -2.32. The minimum atomic E-state index is -0.356. The third kappa shape index (κ3) is 5.97. The summed E-state index contributed by atoms with van der Waals surface area (Å²) in [4.78, 5) is 0. The molecule has 0 nitrogen and oxygen atoms in total. The molecule has 0 N–H and O–H groups in total. The highest BCUT2D eigenvalue weighted by atomic mass is 14.5. The van der Waals surface area contributed by atoms with Crippen LogP contribution < -0.4 is 0 Å². The monoisotopic (exact) mass is 646 g/mol. The lowest BCUT2D eigenvalue weighted by molar-refractivity contribution is 0.802. The van der Waals surface area contributed by atoms with Crippen LogP contribution in [0.1, 0.15) is 105 Å². The minimum Gasteiger partial charge on any atom is -0.0683 e. The van der Waals surface area contributed by atoms with Gasteiger partial charge in [-0.25, -0.2) is 0 Å². The van der Waals surface area contributed by atoms with Gasteiger partial charge in [0.05, 0.1) is 5.41 Å². The second kappa shape index (κ2) is 18.2. The highest BCUT2D eigenvalue weighted by Gasteiger charge is 2.52. The van der Waals surface area contributed by atoms with Crippen molar-refractivity contribution in [3.63, 3.8) is 0 Å². The van der Waals surface area contributed by atoms with Crippen molar-refractivity contribution in [2.45, 2.75) is 88.5 Å². The van der Waals surface area contributed by atoms with Gasteiger partial charge in [0, 0.05) is 0 Å². The average molecular weight is 647 g/mol. The van der Waals surface area contributed by atoms with Crippen LogP contribution in [0, 0.1) is 0 Å². The van der Waals surface area contributed by atoms with E-state index in [0.717, 1.165) is 0 Å². The Hall–Kier alpha value is -4.68. The van der Waals surface area contributed by atoms with E-state index in [4.69, 9.17) is 0 Å². The largest absolute Gasteiger partial charge is 0.0732 e. The molecule has 0 saturated carbocycles. The van der Waals surface area contributed by atoms with Crippen LogP contribution in [-0.2, 0) is 5.41 Å². The normalized spacial score (nSPS) is 11.4. The molecule has 49 heavy (non-hydrogen) atoms. The molecule has 0 atom stereocenters. The molecule has 1 spiro atoms. The fraction of sp³-hybridized carbons (Fsp3) is 0.265. The summed E-state index contributed by atoms with van der Waals surface area (Å²) < 4.78 is 0. The molecule has 2 aliphatic carbocycles. The zero-order valence-corrected chi connectivity index (χ0v) is 32.2. The van der Waals surface area contributed by atoms with Gasteiger partial charge in [-0.3, -0.25) is 0 Å². The van der Waals surface area contributed by atoms with Gasteiger partial charge in [-0.05, 0) is 76.8 Å². The minimum absolute atomic E-state index is 0.356. The first-order chi connectivity index (χ1) is 24.4. The fourth-order valence-corrected chi connectivity index (χ4v) is 7.57. The van der Waals surface area contributed by atoms with Crippen LogP contribution in [0.15, 0.2) is 133 Å². The molecule has 0 saturated heterocycles. The molecule has 7 aromatic rings. The molecule has 7 aromatic carbocycles. The third-order valence-electron chi connectivity index (χ3n) is 8.84. The van der Waals surface area contributed by atoms with E-state index in [1.54, 1.807) is 0 Å². The second-order valence-electron chi connectivity index (χ2n) is 10.4. The molecule has 254 valence electrons. The van der Waals surface area contributed by atoms with Gasteiger partial charge in [-0.1, -0.05) is 217 Å². The van der Waals surface area contributed by atoms with Gasteiger partial charge in [0.2, 0.25) is 0 Å². The smallest absolute Gasteiger partial charge is 0.0683 e. The van der Waals surface area contributed by atoms with Crippen LogP contribution in [0.5, 0.6) is 0 Å². The Morgan fingerprint density at radius 2 is 0.694 bits per heavy atom. The Bertz CT molecular complexity index is 2050. The molecule has 0 heteroatoms. The van der Waals surface area contributed by atoms with Crippen molar-refractivity contribution in [2.24, 2.45) is 0 Å². The van der Waals surface area contributed by atoms with Gasteiger partial charge in [0.1, 0.15) is 0 Å². The second-order valence-corrected chi connectivity index (χ2v) is 10.4. The Balaban J connectivity index is 0.000000494. The van der Waals surface area contributed by atoms with Crippen LogP contribution in [0.2, 0.25) is 0 Å². The van der Waals surface area contributed by atoms with Gasteiger partial charge in [-0.15, -0.1) is 0 Å². The van der Waals surface area contributed by atoms with Crippen LogP contribution in [0.25, 0.3) is 54.6 Å². The van der Waals surface area contributed by atoms with E-state index in [2.05, 4.69) is 133 Å². The Kier molecular flexibility index (Phi) is 14.4. The summed E-state index contributed by atoms with van der Waals surface area (Å²) in [6.45, 7) is 24.0. The molecular formula is C49H58. The predicted octanol–water partition coefficient (Wildman–Crippen LogP) is 15.6. The van der Waals surface area contributed by atoms with Gasteiger partial charge >= 0.3 is 0 Å². The maximum absolute atomic E-state index is 2.37. The topological polar surface area (TPSA) is 0 Å². The lowest BCUT2D eigenvalue weighted by Crippen LogP contribution is -2.26. The SMILES string of the molecule is CC.CC.CC.CC.CC.CC.c1ccc2c(c1)-c1ccccc1C21c2ccccc2-c2c1c1c3ccccc3ccc1c1ccccc21. The maximum atomic E-state index is 2.37. The third-order valence-corrected chi connectivity index (χ3v) is 8.84. The summed E-state index contributed by atoms with van der Waals surface area (Å²) in [5.41, 5.74) is 10.7. The summed E-state index contributed by atoms with van der Waals surface area (Å²) in [6, 6.07) is 49.9. The summed E-state index contributed by atoms with van der Waals surface area (Å²) in [5.74, 6) is 0. The number of benzene rings is 7. The van der Waals surface area contributed by atoms with E-state index in [-0.39, 0.29) is 5.41 Å². The van der Waals surface area contributed by atoms with Crippen molar-refractivity contribution >= 4 is 32.3 Å². The first-order valence-corrected chi connectivity index (χ1v) is 19.0. The van der Waals surface area contributed by atoms with E-state index in [0.29, 0.717) is 0 Å². The Labute approximate surface area is 297 Å². The first kappa shape index (κ1) is 38.8. The van der Waals surface area contributed by atoms with E-state index in [9.17, 15) is 0 Å². The molecule has 0 aliphatic heterocycles. The van der Waals surface area contributed by atoms with Crippen molar-refractivity contribution in [1.29, 1.82) is 0 Å². The molecule has 2 aliphatic rings. The van der Waals surface area contributed by atoms with Crippen LogP contribution in [0.4, 0.5) is 0 Å². The van der Waals surface area contributed by atoms with Crippen molar-refractivity contribution in [2.75, 3.05) is 0 Å². The summed E-state index contributed by atoms with van der Waals surface area (Å²) in [5, 5.41) is 8.01. The quantitative estimate of drug-likeness (QED) is 0.144. The average Bonchev–Trinajstić information content (AvgIpc) is 3.70. The zero-order chi connectivity index (χ0) is 36.1. The van der Waals surface area contributed by atoms with E-state index in [1.165, 1.54) is 76.8 Å². The zero-order valence-electron chi connectivity index (χ0n) is 32.2. The first-order valence-electron chi connectivity index (χ1n) is 19.0. The van der Waals surface area contributed by atoms with Crippen molar-refractivity contribution in [1.82, 2.24) is 0 Å². The number of rotatable bonds is 0. The van der Waals surface area contributed by atoms with Crippen LogP contribution in [0.3, 0.4) is 0 Å². The number of hydrogen-bond acceptors (Lipinski definition) is 0. The molecule has 0 bridgehead atoms. The predicted molar refractivity (Wildman–Crippen MR) is 223 cm³/mol. The lowest BCUT2D eigenvalue weighted by atomic mass is 9.68. The molecular weight excluding hydrogens is 589 g/mol. The Morgan fingerprint density at radius 1 is 0.306 bits per heavy atom. The fourth-order valence-electron chi connectivity index (χ4n) is 7.57. The van der Waals surface area contributed by atoms with Crippen molar-refractivity contribution in [3.05, 3.63) is 156 Å². The molecule has 0 radical (unpaired) electrons. The summed E-state index contributed by atoms with van der Waals surface area (Å²) >= 11 is 0. The molecule has 0 heterocycles. The van der Waals surface area contributed by atoms with E-state index < -0.39 is 0 Å². The van der Waals surface area contributed by atoms with Gasteiger partial charge in [0.25, 0.3) is 0 Å². The molecule has 0 amide bonds. The molecule has 0 aromatic heterocycles. The van der Waals surface area contributed by atoms with Crippen molar-refractivity contribution < 1.29 is 0 Å². The standard InChI is InChI=1S/C37H22.6C2H6/c1-2-12-24-23(11-1)21-22-29-25-13-3-4-16-28(25)35-30-17-7-10-20-33(30)37(36(35)34(24)29)31-18-8-5-14-26(31)27-15-6-9-19-32(27)37;6*1-2/h1-22H;6*1-2H3. The van der Waals surface area contributed by atoms with Crippen molar-refractivity contribution in [3.8, 4) is 22.3 Å². The van der Waals surface area contributed by atoms with Crippen LogP contribution >= 0.6 is 0 Å². The van der Waals surface area contributed by atoms with Gasteiger partial charge < -0.3 is 0 Å². The van der Waals surface area contributed by atoms with E-state index >= 15 is 0 Å². The summed E-state index contributed by atoms with van der Waals surface area (Å²) in [7, 11) is 0. The van der Waals surface area contributed by atoms with Gasteiger partial charge in [-0.2, -0.15) is 0 Å². The molecule has 0 unspecified atom stereocenters. The number of hydrogen-bond donors (Lipinski definition) is 0. The van der Waals surface area contributed by atoms with Gasteiger partial charge in [0.15, 0.2) is 0 Å².